The maximum absolute atomic E-state index is 5.88. The summed E-state index contributed by atoms with van der Waals surface area (Å²) in [5, 5.41) is 4.67. The van der Waals surface area contributed by atoms with Crippen molar-refractivity contribution in [2.24, 2.45) is 5.73 Å². The van der Waals surface area contributed by atoms with Crippen LogP contribution in [0.25, 0.3) is 5.69 Å². The highest BCUT2D eigenvalue weighted by atomic mass is 32.1. The fourth-order valence-electron chi connectivity index (χ4n) is 2.39. The van der Waals surface area contributed by atoms with Gasteiger partial charge in [-0.1, -0.05) is 26.1 Å². The third-order valence-corrected chi connectivity index (χ3v) is 3.54. The van der Waals surface area contributed by atoms with Gasteiger partial charge in [0.2, 0.25) is 0 Å². The van der Waals surface area contributed by atoms with E-state index in [1.165, 1.54) is 0 Å². The summed E-state index contributed by atoms with van der Waals surface area (Å²) < 4.78 is 1.95. The van der Waals surface area contributed by atoms with Gasteiger partial charge in [0.05, 0.1) is 16.9 Å². The minimum atomic E-state index is 0.362. The second-order valence-corrected chi connectivity index (χ2v) is 5.29. The Balaban J connectivity index is 2.74. The number of aryl methyl sites for hydroxylation is 4. The molecule has 106 valence electrons. The Kier molecular flexibility index (Phi) is 4.18. The summed E-state index contributed by atoms with van der Waals surface area (Å²) in [6.07, 6.45) is 1.82. The van der Waals surface area contributed by atoms with E-state index >= 15 is 0 Å². The monoisotopic (exact) mass is 288 g/mol. The van der Waals surface area contributed by atoms with E-state index in [0.717, 1.165) is 46.9 Å². The molecule has 4 nitrogen and oxygen atoms in total. The summed E-state index contributed by atoms with van der Waals surface area (Å²) in [5.74, 6) is 0. The Morgan fingerprint density at radius 3 is 2.50 bits per heavy atom. The molecule has 0 atom stereocenters. The summed E-state index contributed by atoms with van der Waals surface area (Å²) in [5.41, 5.74) is 11.6. The van der Waals surface area contributed by atoms with Crippen molar-refractivity contribution >= 4 is 17.2 Å². The van der Waals surface area contributed by atoms with Crippen molar-refractivity contribution in [1.82, 2.24) is 14.8 Å². The van der Waals surface area contributed by atoms with Crippen molar-refractivity contribution in [2.45, 2.75) is 40.5 Å². The van der Waals surface area contributed by atoms with Gasteiger partial charge < -0.3 is 5.73 Å². The molecule has 0 saturated carbocycles. The molecule has 2 N–H and O–H groups in total. The SMILES string of the molecule is CCc1cc(CC)n(-c2cc(C)nc(C)c2C(N)=S)n1. The van der Waals surface area contributed by atoms with Crippen molar-refractivity contribution in [3.8, 4) is 5.69 Å². The van der Waals surface area contributed by atoms with Crippen LogP contribution in [0.3, 0.4) is 0 Å². The molecule has 0 aliphatic heterocycles. The van der Waals surface area contributed by atoms with Crippen LogP contribution in [-0.4, -0.2) is 19.8 Å². The molecular formula is C15H20N4S. The molecule has 2 aromatic rings. The van der Waals surface area contributed by atoms with E-state index in [2.05, 4.69) is 30.0 Å². The first-order chi connectivity index (χ1) is 9.47. The highest BCUT2D eigenvalue weighted by Gasteiger charge is 2.16. The molecule has 0 aromatic carbocycles. The summed E-state index contributed by atoms with van der Waals surface area (Å²) in [6.45, 7) is 8.12. The van der Waals surface area contributed by atoms with Gasteiger partial charge in [-0.25, -0.2) is 4.68 Å². The molecule has 0 fully saturated rings. The summed E-state index contributed by atoms with van der Waals surface area (Å²) in [7, 11) is 0. The molecule has 0 spiro atoms. The molecule has 5 heteroatoms. The van der Waals surface area contributed by atoms with E-state index in [-0.39, 0.29) is 0 Å². The highest BCUT2D eigenvalue weighted by Crippen LogP contribution is 2.21. The van der Waals surface area contributed by atoms with Crippen LogP contribution >= 0.6 is 12.2 Å². The zero-order valence-electron chi connectivity index (χ0n) is 12.4. The molecule has 0 saturated heterocycles. The van der Waals surface area contributed by atoms with Gasteiger partial charge in [-0.15, -0.1) is 0 Å². The quantitative estimate of drug-likeness (QED) is 0.879. The molecule has 0 aliphatic carbocycles. The lowest BCUT2D eigenvalue weighted by Gasteiger charge is -2.14. The van der Waals surface area contributed by atoms with Crippen LogP contribution < -0.4 is 5.73 Å². The lowest BCUT2D eigenvalue weighted by atomic mass is 10.1. The van der Waals surface area contributed by atoms with Gasteiger partial charge in [0.1, 0.15) is 4.99 Å². The fourth-order valence-corrected chi connectivity index (χ4v) is 2.64. The minimum absolute atomic E-state index is 0.362. The van der Waals surface area contributed by atoms with Crippen molar-refractivity contribution < 1.29 is 0 Å². The normalized spacial score (nSPS) is 10.8. The molecule has 0 radical (unpaired) electrons. The van der Waals surface area contributed by atoms with Crippen LogP contribution in [0.2, 0.25) is 0 Å². The van der Waals surface area contributed by atoms with Crippen molar-refractivity contribution in [3.63, 3.8) is 0 Å². The smallest absolute Gasteiger partial charge is 0.108 e. The topological polar surface area (TPSA) is 56.7 Å². The molecule has 2 rings (SSSR count). The maximum Gasteiger partial charge on any atom is 0.108 e. The largest absolute Gasteiger partial charge is 0.389 e. The van der Waals surface area contributed by atoms with Crippen LogP contribution in [0.1, 0.15) is 42.2 Å². The van der Waals surface area contributed by atoms with Gasteiger partial charge in [-0.05, 0) is 38.8 Å². The van der Waals surface area contributed by atoms with E-state index in [9.17, 15) is 0 Å². The van der Waals surface area contributed by atoms with Gasteiger partial charge >= 0.3 is 0 Å². The number of nitrogens with zero attached hydrogens (tertiary/aromatic N) is 3. The maximum atomic E-state index is 5.88. The standard InChI is InChI=1S/C15H20N4S/c1-5-11-8-12(6-2)19(18-11)13-7-9(3)17-10(4)14(13)15(16)20/h7-8H,5-6H2,1-4H3,(H2,16,20). The summed E-state index contributed by atoms with van der Waals surface area (Å²) in [6, 6.07) is 4.13. The first kappa shape index (κ1) is 14.7. The first-order valence-corrected chi connectivity index (χ1v) is 7.25. The predicted octanol–water partition coefficient (Wildman–Crippen LogP) is 2.64. The average molecular weight is 288 g/mol. The predicted molar refractivity (Wildman–Crippen MR) is 85.5 cm³/mol. The molecule has 0 unspecified atom stereocenters. The molecule has 20 heavy (non-hydrogen) atoms. The van der Waals surface area contributed by atoms with Gasteiger partial charge in [0.15, 0.2) is 0 Å². The van der Waals surface area contributed by atoms with E-state index in [0.29, 0.717) is 4.99 Å². The van der Waals surface area contributed by atoms with E-state index in [1.807, 2.05) is 24.6 Å². The number of hydrogen-bond donors (Lipinski definition) is 1. The molecule has 0 aliphatic rings. The van der Waals surface area contributed by atoms with Gasteiger partial charge in [-0.2, -0.15) is 5.10 Å². The van der Waals surface area contributed by atoms with Crippen molar-refractivity contribution in [1.29, 1.82) is 0 Å². The lowest BCUT2D eigenvalue weighted by molar-refractivity contribution is 0.788. The Hall–Kier alpha value is -1.75. The third kappa shape index (κ3) is 2.58. The Morgan fingerprint density at radius 2 is 1.95 bits per heavy atom. The van der Waals surface area contributed by atoms with Gasteiger partial charge in [0.25, 0.3) is 0 Å². The van der Waals surface area contributed by atoms with E-state index in [4.69, 9.17) is 18.0 Å². The number of nitrogens with two attached hydrogens (primary N) is 1. The first-order valence-electron chi connectivity index (χ1n) is 6.84. The molecule has 0 amide bonds. The molecule has 2 heterocycles. The zero-order chi connectivity index (χ0) is 14.9. The Labute approximate surface area is 125 Å². The second kappa shape index (κ2) is 5.71. The van der Waals surface area contributed by atoms with Crippen molar-refractivity contribution in [2.75, 3.05) is 0 Å². The summed E-state index contributed by atoms with van der Waals surface area (Å²) in [4.78, 5) is 4.82. The van der Waals surface area contributed by atoms with Crippen LogP contribution in [0.4, 0.5) is 0 Å². The Bertz CT molecular complexity index is 658. The fraction of sp³-hybridized carbons (Fsp3) is 0.400. The number of thiocarbonyl (C=S) groups is 1. The zero-order valence-corrected chi connectivity index (χ0v) is 13.2. The third-order valence-electron chi connectivity index (χ3n) is 3.34. The molecule has 2 aromatic heterocycles. The number of hydrogen-bond acceptors (Lipinski definition) is 3. The summed E-state index contributed by atoms with van der Waals surface area (Å²) >= 11 is 5.19. The second-order valence-electron chi connectivity index (χ2n) is 4.85. The van der Waals surface area contributed by atoms with E-state index < -0.39 is 0 Å². The van der Waals surface area contributed by atoms with Crippen LogP contribution in [0.5, 0.6) is 0 Å². The van der Waals surface area contributed by atoms with Gasteiger partial charge in [-0.3, -0.25) is 4.98 Å². The molecular weight excluding hydrogens is 268 g/mol. The highest BCUT2D eigenvalue weighted by molar-refractivity contribution is 7.80. The number of aromatic nitrogens is 3. The van der Waals surface area contributed by atoms with Crippen LogP contribution in [-0.2, 0) is 12.8 Å². The van der Waals surface area contributed by atoms with Crippen LogP contribution in [0.15, 0.2) is 12.1 Å². The van der Waals surface area contributed by atoms with E-state index in [1.54, 1.807) is 0 Å². The average Bonchev–Trinajstić information content (AvgIpc) is 2.80. The number of rotatable bonds is 4. The van der Waals surface area contributed by atoms with Gasteiger partial charge in [0, 0.05) is 17.1 Å². The lowest BCUT2D eigenvalue weighted by Crippen LogP contribution is -2.18. The van der Waals surface area contributed by atoms with Crippen LogP contribution in [0, 0.1) is 13.8 Å². The molecule has 0 bridgehead atoms. The number of pyridine rings is 1. The Morgan fingerprint density at radius 1 is 1.25 bits per heavy atom. The van der Waals surface area contributed by atoms with Crippen molar-refractivity contribution in [3.05, 3.63) is 40.5 Å². The minimum Gasteiger partial charge on any atom is -0.389 e.